The lowest BCUT2D eigenvalue weighted by molar-refractivity contribution is 0.470. The Morgan fingerprint density at radius 3 is 2.61 bits per heavy atom. The Kier molecular flexibility index (Phi) is 4.69. The number of aromatic hydroxyl groups is 1. The largest absolute Gasteiger partial charge is 0.507 e. The molecule has 3 aromatic rings. The van der Waals surface area contributed by atoms with E-state index in [1.54, 1.807) is 0 Å². The maximum atomic E-state index is 10.5. The average molecular weight is 410 g/mol. The fraction of sp³-hybridized carbons (Fsp3) is 0.130. The molecule has 1 aliphatic rings. The van der Waals surface area contributed by atoms with Crippen molar-refractivity contribution in [3.05, 3.63) is 82.7 Å². The number of rotatable bonds is 3. The number of phenolic OH excluding ortho intramolecular Hbond substituents is 1. The van der Waals surface area contributed by atoms with Gasteiger partial charge in [0, 0.05) is 27.2 Å². The molecule has 142 valence electrons. The van der Waals surface area contributed by atoms with Gasteiger partial charge in [0.05, 0.1) is 10.6 Å². The van der Waals surface area contributed by atoms with Crippen molar-refractivity contribution in [3.63, 3.8) is 0 Å². The second-order valence-electron chi connectivity index (χ2n) is 6.97. The summed E-state index contributed by atoms with van der Waals surface area (Å²) in [5.41, 5.74) is 4.27. The highest BCUT2D eigenvalue weighted by molar-refractivity contribution is 7.17. The number of thiophene rings is 1. The molecule has 0 aliphatic carbocycles. The van der Waals surface area contributed by atoms with E-state index in [0.717, 1.165) is 21.7 Å². The first-order valence-corrected chi connectivity index (χ1v) is 10.1. The van der Waals surface area contributed by atoms with Gasteiger partial charge in [0.1, 0.15) is 11.5 Å². The summed E-state index contributed by atoms with van der Waals surface area (Å²) >= 11 is 7.61. The first-order chi connectivity index (χ1) is 13.4. The second-order valence-corrected chi connectivity index (χ2v) is 8.46. The third-order valence-corrected chi connectivity index (χ3v) is 6.43. The van der Waals surface area contributed by atoms with E-state index in [1.807, 2.05) is 36.4 Å². The van der Waals surface area contributed by atoms with Gasteiger partial charge in [-0.15, -0.1) is 11.3 Å². The fourth-order valence-corrected chi connectivity index (χ4v) is 5.09. The smallest absolute Gasteiger partial charge is 0.127 e. The van der Waals surface area contributed by atoms with Crippen molar-refractivity contribution < 1.29 is 10.2 Å². The molecule has 0 saturated heterocycles. The molecule has 0 amide bonds. The summed E-state index contributed by atoms with van der Waals surface area (Å²) in [4.78, 5) is 3.80. The number of anilines is 1. The van der Waals surface area contributed by atoms with Crippen LogP contribution in [-0.4, -0.2) is 16.3 Å². The molecule has 1 atom stereocenters. The molecular weight excluding hydrogens is 390 g/mol. The summed E-state index contributed by atoms with van der Waals surface area (Å²) in [7, 11) is 0. The molecule has 2 aromatic carbocycles. The molecule has 0 saturated carbocycles. The van der Waals surface area contributed by atoms with Crippen molar-refractivity contribution in [2.75, 3.05) is 4.90 Å². The second kappa shape index (κ2) is 7.04. The van der Waals surface area contributed by atoms with E-state index in [9.17, 15) is 10.2 Å². The van der Waals surface area contributed by atoms with E-state index < -0.39 is 0 Å². The van der Waals surface area contributed by atoms with E-state index >= 15 is 0 Å². The van der Waals surface area contributed by atoms with Gasteiger partial charge in [-0.3, -0.25) is 0 Å². The number of aliphatic hydroxyl groups is 1. The van der Waals surface area contributed by atoms with E-state index in [-0.39, 0.29) is 17.6 Å². The van der Waals surface area contributed by atoms with Crippen LogP contribution in [0, 0.1) is 0 Å². The van der Waals surface area contributed by atoms with Crippen LogP contribution >= 0.6 is 22.9 Å². The highest BCUT2D eigenvalue weighted by Crippen LogP contribution is 2.46. The van der Waals surface area contributed by atoms with Crippen molar-refractivity contribution in [2.24, 2.45) is 0 Å². The average Bonchev–Trinajstić information content (AvgIpc) is 3.06. The number of hydrogen-bond acceptors (Lipinski definition) is 4. The van der Waals surface area contributed by atoms with E-state index in [1.165, 1.54) is 17.4 Å². The van der Waals surface area contributed by atoms with Crippen LogP contribution in [0.15, 0.2) is 61.7 Å². The summed E-state index contributed by atoms with van der Waals surface area (Å²) in [6, 6.07) is 15.6. The lowest BCUT2D eigenvalue weighted by atomic mass is 9.91. The topological polar surface area (TPSA) is 43.7 Å². The van der Waals surface area contributed by atoms with Crippen LogP contribution in [0.2, 0.25) is 5.02 Å². The predicted octanol–water partition coefficient (Wildman–Crippen LogP) is 6.72. The number of fused-ring (bicyclic) bond motifs is 1. The predicted molar refractivity (Wildman–Crippen MR) is 119 cm³/mol. The zero-order valence-corrected chi connectivity index (χ0v) is 17.0. The summed E-state index contributed by atoms with van der Waals surface area (Å²) in [5, 5.41) is 21.2. The molecular formula is C23H20ClNO2S. The van der Waals surface area contributed by atoms with Gasteiger partial charge in [0.25, 0.3) is 0 Å². The number of halogens is 1. The Morgan fingerprint density at radius 2 is 1.93 bits per heavy atom. The van der Waals surface area contributed by atoms with Gasteiger partial charge in [-0.05, 0) is 42.7 Å². The maximum Gasteiger partial charge on any atom is 0.127 e. The van der Waals surface area contributed by atoms with E-state index in [4.69, 9.17) is 11.6 Å². The molecule has 1 unspecified atom stereocenters. The molecule has 2 N–H and O–H groups in total. The Bertz CT molecular complexity index is 1090. The molecule has 4 rings (SSSR count). The molecule has 3 nitrogen and oxygen atoms in total. The van der Waals surface area contributed by atoms with Crippen LogP contribution in [0.25, 0.3) is 21.9 Å². The summed E-state index contributed by atoms with van der Waals surface area (Å²) < 4.78 is 0. The van der Waals surface area contributed by atoms with Crippen LogP contribution in [0.1, 0.15) is 22.9 Å². The van der Waals surface area contributed by atoms with Crippen molar-refractivity contribution in [1.82, 2.24) is 0 Å². The van der Waals surface area contributed by atoms with Crippen molar-refractivity contribution in [3.8, 4) is 16.2 Å². The molecule has 2 heterocycles. The molecule has 0 fully saturated rings. The third kappa shape index (κ3) is 3.09. The number of phenols is 1. The Hall–Kier alpha value is -2.69. The van der Waals surface area contributed by atoms with Crippen molar-refractivity contribution >= 4 is 40.1 Å². The first-order valence-electron chi connectivity index (χ1n) is 8.94. The fourth-order valence-electron chi connectivity index (χ4n) is 3.83. The summed E-state index contributed by atoms with van der Waals surface area (Å²) in [5.74, 6) is 0.139. The Labute approximate surface area is 173 Å². The van der Waals surface area contributed by atoms with Gasteiger partial charge in [-0.25, -0.2) is 0 Å². The lowest BCUT2D eigenvalue weighted by Gasteiger charge is -2.38. The van der Waals surface area contributed by atoms with Crippen LogP contribution < -0.4 is 4.90 Å². The lowest BCUT2D eigenvalue weighted by Crippen LogP contribution is -2.37. The number of aliphatic hydroxyl groups excluding tert-OH is 1. The van der Waals surface area contributed by atoms with Gasteiger partial charge in [0.2, 0.25) is 0 Å². The molecule has 0 bridgehead atoms. The normalized spacial score (nSPS) is 16.1. The van der Waals surface area contributed by atoms with Crippen LogP contribution in [0.4, 0.5) is 5.69 Å². The van der Waals surface area contributed by atoms with Crippen LogP contribution in [-0.2, 0) is 6.42 Å². The van der Waals surface area contributed by atoms with E-state index in [0.29, 0.717) is 27.6 Å². The highest BCUT2D eigenvalue weighted by Gasteiger charge is 2.32. The minimum atomic E-state index is 0.0216. The van der Waals surface area contributed by atoms with E-state index in [2.05, 4.69) is 31.0 Å². The molecule has 5 heteroatoms. The van der Waals surface area contributed by atoms with Crippen molar-refractivity contribution in [1.29, 1.82) is 0 Å². The van der Waals surface area contributed by atoms with Gasteiger partial charge in [-0.1, -0.05) is 55.1 Å². The van der Waals surface area contributed by atoms with Gasteiger partial charge in [0.15, 0.2) is 0 Å². The third-order valence-electron chi connectivity index (χ3n) is 4.99. The molecule has 1 aliphatic heterocycles. The van der Waals surface area contributed by atoms with Crippen molar-refractivity contribution in [2.45, 2.75) is 19.4 Å². The maximum absolute atomic E-state index is 10.5. The number of benzene rings is 2. The van der Waals surface area contributed by atoms with Gasteiger partial charge < -0.3 is 15.1 Å². The monoisotopic (exact) mass is 409 g/mol. The van der Waals surface area contributed by atoms with Gasteiger partial charge in [-0.2, -0.15) is 0 Å². The Morgan fingerprint density at radius 1 is 1.21 bits per heavy atom. The Balaban J connectivity index is 1.85. The number of hydrogen-bond donors (Lipinski definition) is 2. The van der Waals surface area contributed by atoms with Crippen LogP contribution in [0.5, 0.6) is 5.75 Å². The van der Waals surface area contributed by atoms with Crippen LogP contribution in [0.3, 0.4) is 0 Å². The molecule has 28 heavy (non-hydrogen) atoms. The molecule has 0 radical (unpaired) electrons. The molecule has 1 aromatic heterocycles. The highest BCUT2D eigenvalue weighted by atomic mass is 35.5. The quantitative estimate of drug-likeness (QED) is 0.471. The summed E-state index contributed by atoms with van der Waals surface area (Å²) in [6.07, 6.45) is 0.705. The van der Waals surface area contributed by atoms with Gasteiger partial charge >= 0.3 is 0 Å². The molecule has 0 spiro atoms. The minimum absolute atomic E-state index is 0.0216. The minimum Gasteiger partial charge on any atom is -0.507 e. The standard InChI is InChI=1S/C23H20ClNO2S/c1-13-9-17-10-18(24)11-20(27)22(17)14(2)25(13)19-12-21(28-23(19)15(3)26)16-7-5-4-6-8-16/h4-8,10-13,26-27H,2-3,9H2,1H3. The SMILES string of the molecule is C=C(O)c1sc(-c2ccccc2)cc1N1C(=C)c2c(O)cc(Cl)cc2CC1C. The zero-order valence-electron chi connectivity index (χ0n) is 15.4. The number of nitrogens with zero attached hydrogens (tertiary/aromatic N) is 1. The zero-order chi connectivity index (χ0) is 20.0. The first kappa shape index (κ1) is 18.7. The summed E-state index contributed by atoms with van der Waals surface area (Å²) in [6.45, 7) is 10.1.